The van der Waals surface area contributed by atoms with Crippen molar-refractivity contribution in [3.63, 3.8) is 0 Å². The second-order valence-corrected chi connectivity index (χ2v) is 6.21. The number of benzene rings is 1. The second-order valence-electron chi connectivity index (χ2n) is 3.33. The maximum absolute atomic E-state index is 11.2. The van der Waals surface area contributed by atoms with Crippen molar-refractivity contribution in [1.29, 1.82) is 0 Å². The summed E-state index contributed by atoms with van der Waals surface area (Å²) in [5.41, 5.74) is 1.88. The fourth-order valence-corrected chi connectivity index (χ4v) is 4.51. The second kappa shape index (κ2) is 4.26. The summed E-state index contributed by atoms with van der Waals surface area (Å²) in [6.45, 7) is 5.04. The van der Waals surface area contributed by atoms with Crippen molar-refractivity contribution >= 4 is 31.3 Å². The molecule has 0 aliphatic carbocycles. The van der Waals surface area contributed by atoms with Gasteiger partial charge in [-0.15, -0.1) is 0 Å². The molecule has 0 radical (unpaired) electrons. The van der Waals surface area contributed by atoms with E-state index in [2.05, 4.69) is 0 Å². The lowest BCUT2D eigenvalue weighted by Crippen LogP contribution is -2.07. The Labute approximate surface area is 99.1 Å². The van der Waals surface area contributed by atoms with Crippen LogP contribution in [-0.2, 0) is 13.2 Å². The molecular weight excluding hydrogens is 331 g/mol. The van der Waals surface area contributed by atoms with Crippen molar-refractivity contribution in [3.05, 3.63) is 26.3 Å². The summed E-state index contributed by atoms with van der Waals surface area (Å²) in [4.78, 5) is -0.178. The number of hydrogen-bond acceptors (Lipinski definition) is 3. The highest BCUT2D eigenvalue weighted by Crippen LogP contribution is 2.29. The molecule has 1 aromatic rings. The number of rotatable bonds is 2. The molecule has 15 heavy (non-hydrogen) atoms. The first kappa shape index (κ1) is 12.7. The van der Waals surface area contributed by atoms with Crippen LogP contribution in [0.3, 0.4) is 0 Å². The van der Waals surface area contributed by atoms with Crippen molar-refractivity contribution in [2.75, 3.05) is 0 Å². The highest BCUT2D eigenvalue weighted by molar-refractivity contribution is 14.1. The molecule has 0 amide bonds. The van der Waals surface area contributed by atoms with E-state index in [1.54, 1.807) is 26.8 Å². The summed E-state index contributed by atoms with van der Waals surface area (Å²) in [6, 6.07) is 1.77. The molecule has 4 nitrogen and oxygen atoms in total. The minimum Gasteiger partial charge on any atom is -0.282 e. The van der Waals surface area contributed by atoms with Crippen LogP contribution in [0.2, 0.25) is 0 Å². The molecule has 0 bridgehead atoms. The summed E-state index contributed by atoms with van der Waals surface area (Å²) >= 11 is -1.62. The summed E-state index contributed by atoms with van der Waals surface area (Å²) in [5, 5.41) is 0. The van der Waals surface area contributed by atoms with Crippen LogP contribution in [0.4, 0.5) is 0 Å². The third kappa shape index (κ3) is 2.43. The molecule has 0 fully saturated rings. The van der Waals surface area contributed by atoms with Crippen LogP contribution in [0.15, 0.2) is 11.0 Å². The molecule has 0 heterocycles. The van der Waals surface area contributed by atoms with Gasteiger partial charge in [-0.25, -0.2) is 0 Å². The van der Waals surface area contributed by atoms with E-state index in [1.165, 1.54) is 0 Å². The van der Waals surface area contributed by atoms with E-state index in [9.17, 15) is 11.5 Å². The van der Waals surface area contributed by atoms with Gasteiger partial charge < -0.3 is 0 Å². The average molecular weight is 342 g/mol. The predicted octanol–water partition coefficient (Wildman–Crippen LogP) is 2.34. The van der Waals surface area contributed by atoms with Crippen LogP contribution in [-0.4, -0.2) is 13.0 Å². The summed E-state index contributed by atoms with van der Waals surface area (Å²) in [6.07, 6.45) is 0. The van der Waals surface area contributed by atoms with Gasteiger partial charge in [0.05, 0.1) is 3.57 Å². The van der Waals surface area contributed by atoms with Gasteiger partial charge in [-0.1, -0.05) is 6.07 Å². The van der Waals surface area contributed by atoms with E-state index >= 15 is 0 Å². The summed E-state index contributed by atoms with van der Waals surface area (Å²) in [5.74, 6) is 0. The Bertz CT molecular complexity index is 519. The van der Waals surface area contributed by atoms with E-state index in [4.69, 9.17) is 4.55 Å². The van der Waals surface area contributed by atoms with Gasteiger partial charge in [-0.05, 0) is 37.5 Å². The molecule has 0 aliphatic heterocycles. The van der Waals surface area contributed by atoms with Crippen LogP contribution in [0.1, 0.15) is 16.7 Å². The van der Waals surface area contributed by atoms with Crippen molar-refractivity contribution in [2.45, 2.75) is 25.7 Å². The van der Waals surface area contributed by atoms with Gasteiger partial charge in [0.25, 0.3) is 10.1 Å². The van der Waals surface area contributed by atoms with E-state index in [1.807, 2.05) is 0 Å². The van der Waals surface area contributed by atoms with E-state index in [-0.39, 0.29) is 8.47 Å². The highest BCUT2D eigenvalue weighted by Gasteiger charge is 2.22. The highest BCUT2D eigenvalue weighted by atomic mass is 127. The first-order valence-corrected chi connectivity index (χ1v) is 7.54. The molecule has 1 rings (SSSR count). The molecule has 0 unspecified atom stereocenters. The maximum atomic E-state index is 11.2. The van der Waals surface area contributed by atoms with Gasteiger partial charge >= 0.3 is 0 Å². The lowest BCUT2D eigenvalue weighted by Gasteiger charge is -2.10. The molecule has 84 valence electrons. The zero-order valence-corrected chi connectivity index (χ0v) is 11.5. The largest absolute Gasteiger partial charge is 0.295 e. The zero-order chi connectivity index (χ0) is 11.8. The summed E-state index contributed by atoms with van der Waals surface area (Å²) in [7, 11) is -4.29. The third-order valence-corrected chi connectivity index (χ3v) is 5.47. The van der Waals surface area contributed by atoms with Crippen LogP contribution in [0, 0.1) is 24.3 Å². The maximum Gasteiger partial charge on any atom is 0.295 e. The molecule has 0 aliphatic rings. The SMILES string of the molecule is Cc1cc(C)c(I=O)c(S(=O)(=O)O)c1C. The van der Waals surface area contributed by atoms with Crippen LogP contribution >= 0.6 is 21.2 Å². The van der Waals surface area contributed by atoms with Crippen LogP contribution < -0.4 is 0 Å². The van der Waals surface area contributed by atoms with Crippen molar-refractivity contribution in [1.82, 2.24) is 0 Å². The minimum absolute atomic E-state index is 0.178. The Hall–Kier alpha value is -0.340. The first-order valence-electron chi connectivity index (χ1n) is 4.14. The molecule has 0 spiro atoms. The normalized spacial score (nSPS) is 11.7. The van der Waals surface area contributed by atoms with Gasteiger partial charge in [0, 0.05) is 0 Å². The Morgan fingerprint density at radius 1 is 1.20 bits per heavy atom. The van der Waals surface area contributed by atoms with Gasteiger partial charge in [0.2, 0.25) is 0 Å². The van der Waals surface area contributed by atoms with Crippen molar-refractivity contribution < 1.29 is 16.0 Å². The lowest BCUT2D eigenvalue weighted by molar-refractivity contribution is 0.481. The van der Waals surface area contributed by atoms with Crippen LogP contribution in [0.5, 0.6) is 0 Å². The molecule has 0 saturated heterocycles. The smallest absolute Gasteiger partial charge is 0.282 e. The van der Waals surface area contributed by atoms with E-state index in [0.717, 1.165) is 5.56 Å². The lowest BCUT2D eigenvalue weighted by atomic mass is 10.1. The van der Waals surface area contributed by atoms with E-state index < -0.39 is 31.3 Å². The first-order chi connectivity index (χ1) is 6.79. The van der Waals surface area contributed by atoms with Gasteiger partial charge in [-0.2, -0.15) is 8.42 Å². The number of aryl methyl sites for hydroxylation is 2. The molecule has 1 aromatic carbocycles. The monoisotopic (exact) mass is 342 g/mol. The number of halogens is 1. The molecule has 0 aromatic heterocycles. The average Bonchev–Trinajstić information content (AvgIpc) is 2.08. The van der Waals surface area contributed by atoms with Gasteiger partial charge in [-0.3, -0.25) is 7.62 Å². The quantitative estimate of drug-likeness (QED) is 0.662. The Morgan fingerprint density at radius 2 is 1.73 bits per heavy atom. The molecular formula is C9H11IO4S. The van der Waals surface area contributed by atoms with E-state index in [0.29, 0.717) is 11.1 Å². The Balaban J connectivity index is 3.82. The third-order valence-electron chi connectivity index (χ3n) is 2.25. The molecule has 6 heteroatoms. The predicted molar refractivity (Wildman–Crippen MR) is 63.9 cm³/mol. The topological polar surface area (TPSA) is 71.4 Å². The summed E-state index contributed by atoms with van der Waals surface area (Å²) < 4.78 is 42.7. The van der Waals surface area contributed by atoms with Gasteiger partial charge in [0.15, 0.2) is 21.2 Å². The minimum atomic E-state index is -4.29. The molecule has 1 N–H and O–H groups in total. The number of hydrogen-bond donors (Lipinski definition) is 1. The fraction of sp³-hybridized carbons (Fsp3) is 0.333. The standard InChI is InChI=1S/C9H11IO4S/c1-5-4-6(2)8(10-11)9(7(5)3)15(12,13)14/h4H,1-3H3,(H,12,13,14). The Kier molecular flexibility index (Phi) is 3.62. The molecule has 0 saturated carbocycles. The van der Waals surface area contributed by atoms with Crippen molar-refractivity contribution in [2.24, 2.45) is 0 Å². The Morgan fingerprint density at radius 3 is 2.13 bits per heavy atom. The fourth-order valence-electron chi connectivity index (χ4n) is 1.42. The van der Waals surface area contributed by atoms with Crippen molar-refractivity contribution in [3.8, 4) is 0 Å². The molecule has 0 atom stereocenters. The zero-order valence-electron chi connectivity index (χ0n) is 8.54. The van der Waals surface area contributed by atoms with Gasteiger partial charge in [0.1, 0.15) is 4.90 Å². The van der Waals surface area contributed by atoms with Crippen LogP contribution in [0.25, 0.3) is 0 Å².